The van der Waals surface area contributed by atoms with Gasteiger partial charge in [0.05, 0.1) is 31.2 Å². The van der Waals surface area contributed by atoms with Crippen LogP contribution in [0, 0.1) is 11.3 Å². The Labute approximate surface area is 101 Å². The van der Waals surface area contributed by atoms with Crippen molar-refractivity contribution in [1.82, 2.24) is 9.78 Å². The predicted octanol–water partition coefficient (Wildman–Crippen LogP) is 1.54. The zero-order valence-electron chi connectivity index (χ0n) is 9.37. The summed E-state index contributed by atoms with van der Waals surface area (Å²) < 4.78 is 42.3. The van der Waals surface area contributed by atoms with E-state index in [1.165, 1.54) is 12.4 Å². The molecule has 8 heteroatoms. The first-order chi connectivity index (χ1) is 8.42. The van der Waals surface area contributed by atoms with Gasteiger partial charge in [0.15, 0.2) is 5.54 Å². The number of hydrogen-bond donors (Lipinski definition) is 1. The first-order valence-electron chi connectivity index (χ1n) is 5.29. The average Bonchev–Trinajstić information content (AvgIpc) is 2.87. The Morgan fingerprint density at radius 3 is 2.94 bits per heavy atom. The fourth-order valence-corrected chi connectivity index (χ4v) is 1.75. The van der Waals surface area contributed by atoms with Crippen molar-refractivity contribution in [2.24, 2.45) is 0 Å². The molecule has 1 unspecified atom stereocenters. The summed E-state index contributed by atoms with van der Waals surface area (Å²) in [7, 11) is 0. The molecule has 1 N–H and O–H groups in total. The van der Waals surface area contributed by atoms with Crippen LogP contribution in [0.3, 0.4) is 0 Å². The standard InChI is InChI=1S/C10H11F3N4O/c11-10(12,13)6-17-4-8(3-15-17)16-9(5-14)1-2-18-7-9/h3-4,16H,1-2,6-7H2. The Bertz CT molecular complexity index is 456. The maximum Gasteiger partial charge on any atom is 0.408 e. The molecule has 1 fully saturated rings. The van der Waals surface area contributed by atoms with Crippen LogP contribution in [0.2, 0.25) is 0 Å². The van der Waals surface area contributed by atoms with Gasteiger partial charge in [-0.2, -0.15) is 23.5 Å². The van der Waals surface area contributed by atoms with E-state index in [0.717, 1.165) is 4.68 Å². The van der Waals surface area contributed by atoms with Crippen LogP contribution in [0.25, 0.3) is 0 Å². The second-order valence-corrected chi connectivity index (χ2v) is 4.16. The van der Waals surface area contributed by atoms with E-state index in [1.807, 2.05) is 0 Å². The Morgan fingerprint density at radius 2 is 2.39 bits per heavy atom. The van der Waals surface area contributed by atoms with E-state index >= 15 is 0 Å². The summed E-state index contributed by atoms with van der Waals surface area (Å²) in [5, 5.41) is 15.5. The maximum atomic E-state index is 12.1. The van der Waals surface area contributed by atoms with Crippen LogP contribution in [0.5, 0.6) is 0 Å². The number of alkyl halides is 3. The summed E-state index contributed by atoms with van der Waals surface area (Å²) in [5.74, 6) is 0. The molecule has 0 amide bonds. The second kappa shape index (κ2) is 4.49. The van der Waals surface area contributed by atoms with Crippen LogP contribution in [0.1, 0.15) is 6.42 Å². The number of aromatic nitrogens is 2. The molecule has 0 saturated carbocycles. The lowest BCUT2D eigenvalue weighted by Crippen LogP contribution is -2.36. The van der Waals surface area contributed by atoms with Gasteiger partial charge in [-0.25, -0.2) is 0 Å². The number of ether oxygens (including phenoxy) is 1. The van der Waals surface area contributed by atoms with Crippen molar-refractivity contribution in [3.8, 4) is 6.07 Å². The molecule has 2 rings (SSSR count). The third-order valence-electron chi connectivity index (χ3n) is 2.59. The Hall–Kier alpha value is -1.75. The highest BCUT2D eigenvalue weighted by molar-refractivity contribution is 5.45. The first kappa shape index (κ1) is 12.7. The fourth-order valence-electron chi connectivity index (χ4n) is 1.75. The molecule has 0 aliphatic carbocycles. The highest BCUT2D eigenvalue weighted by Gasteiger charge is 2.35. The molecule has 0 aromatic carbocycles. The smallest absolute Gasteiger partial charge is 0.378 e. The van der Waals surface area contributed by atoms with Crippen LogP contribution in [-0.4, -0.2) is 34.7 Å². The van der Waals surface area contributed by atoms with Crippen molar-refractivity contribution >= 4 is 5.69 Å². The molecule has 1 aromatic rings. The van der Waals surface area contributed by atoms with Crippen molar-refractivity contribution in [1.29, 1.82) is 5.26 Å². The lowest BCUT2D eigenvalue weighted by atomic mass is 10.0. The molecule has 0 spiro atoms. The summed E-state index contributed by atoms with van der Waals surface area (Å²) in [4.78, 5) is 0. The second-order valence-electron chi connectivity index (χ2n) is 4.16. The van der Waals surface area contributed by atoms with Crippen molar-refractivity contribution in [2.45, 2.75) is 24.7 Å². The Morgan fingerprint density at radius 1 is 1.61 bits per heavy atom. The lowest BCUT2D eigenvalue weighted by Gasteiger charge is -2.20. The first-order valence-corrected chi connectivity index (χ1v) is 5.29. The molecule has 18 heavy (non-hydrogen) atoms. The SMILES string of the molecule is N#CC1(Nc2cnn(CC(F)(F)F)c2)CCOC1. The molecule has 5 nitrogen and oxygen atoms in total. The monoisotopic (exact) mass is 260 g/mol. The van der Waals surface area contributed by atoms with E-state index in [-0.39, 0.29) is 6.61 Å². The Kier molecular flexibility index (Phi) is 3.17. The third-order valence-corrected chi connectivity index (χ3v) is 2.59. The largest absolute Gasteiger partial charge is 0.408 e. The van der Waals surface area contributed by atoms with Crippen molar-refractivity contribution in [3.63, 3.8) is 0 Å². The van der Waals surface area contributed by atoms with Crippen molar-refractivity contribution in [3.05, 3.63) is 12.4 Å². The van der Waals surface area contributed by atoms with Crippen LogP contribution in [-0.2, 0) is 11.3 Å². The van der Waals surface area contributed by atoms with Gasteiger partial charge in [-0.15, -0.1) is 0 Å². The summed E-state index contributed by atoms with van der Waals surface area (Å²) >= 11 is 0. The molecule has 98 valence electrons. The summed E-state index contributed by atoms with van der Waals surface area (Å²) in [6.45, 7) is -0.476. The third kappa shape index (κ3) is 2.92. The van der Waals surface area contributed by atoms with Crippen molar-refractivity contribution < 1.29 is 17.9 Å². The minimum Gasteiger partial charge on any atom is -0.378 e. The normalized spacial score (nSPS) is 23.9. The summed E-state index contributed by atoms with van der Waals surface area (Å²) in [5.41, 5.74) is -0.488. The molecule has 0 bridgehead atoms. The zero-order valence-corrected chi connectivity index (χ0v) is 9.37. The van der Waals surface area contributed by atoms with Crippen LogP contribution in [0.4, 0.5) is 18.9 Å². The average molecular weight is 260 g/mol. The molecule has 0 radical (unpaired) electrons. The van der Waals surface area contributed by atoms with Crippen LogP contribution in [0.15, 0.2) is 12.4 Å². The topological polar surface area (TPSA) is 62.9 Å². The minimum atomic E-state index is -4.31. The number of halogens is 3. The Balaban J connectivity index is 2.05. The van der Waals surface area contributed by atoms with Gasteiger partial charge in [-0.3, -0.25) is 4.68 Å². The van der Waals surface area contributed by atoms with Gasteiger partial charge in [0.2, 0.25) is 0 Å². The van der Waals surface area contributed by atoms with Gasteiger partial charge in [0.1, 0.15) is 6.54 Å². The number of nitrogens with zero attached hydrogens (tertiary/aromatic N) is 3. The lowest BCUT2D eigenvalue weighted by molar-refractivity contribution is -0.142. The minimum absolute atomic E-state index is 0.216. The van der Waals surface area contributed by atoms with Gasteiger partial charge in [-0.1, -0.05) is 0 Å². The van der Waals surface area contributed by atoms with E-state index in [4.69, 9.17) is 10.00 Å². The number of nitriles is 1. The molecule has 1 saturated heterocycles. The highest BCUT2D eigenvalue weighted by Crippen LogP contribution is 2.24. The van der Waals surface area contributed by atoms with Crippen LogP contribution >= 0.6 is 0 Å². The summed E-state index contributed by atoms with van der Waals surface area (Å²) in [6, 6.07) is 2.09. The van der Waals surface area contributed by atoms with Crippen LogP contribution < -0.4 is 5.32 Å². The van der Waals surface area contributed by atoms with E-state index in [0.29, 0.717) is 18.7 Å². The maximum absolute atomic E-state index is 12.1. The van der Waals surface area contributed by atoms with Gasteiger partial charge in [0, 0.05) is 12.6 Å². The van der Waals surface area contributed by atoms with Gasteiger partial charge >= 0.3 is 6.18 Å². The van der Waals surface area contributed by atoms with Gasteiger partial charge in [-0.05, 0) is 0 Å². The van der Waals surface area contributed by atoms with E-state index in [9.17, 15) is 13.2 Å². The number of hydrogen-bond acceptors (Lipinski definition) is 4. The quantitative estimate of drug-likeness (QED) is 0.895. The van der Waals surface area contributed by atoms with E-state index in [2.05, 4.69) is 16.5 Å². The fraction of sp³-hybridized carbons (Fsp3) is 0.600. The molecule has 1 aliphatic heterocycles. The van der Waals surface area contributed by atoms with Gasteiger partial charge in [0.25, 0.3) is 0 Å². The molecular weight excluding hydrogens is 249 g/mol. The molecule has 1 aliphatic rings. The zero-order chi connectivity index (χ0) is 13.2. The number of rotatable bonds is 3. The summed E-state index contributed by atoms with van der Waals surface area (Å²) in [6.07, 6.45) is -1.32. The van der Waals surface area contributed by atoms with Crippen molar-refractivity contribution in [2.75, 3.05) is 18.5 Å². The van der Waals surface area contributed by atoms with Gasteiger partial charge < -0.3 is 10.1 Å². The molecule has 1 atom stereocenters. The van der Waals surface area contributed by atoms with E-state index < -0.39 is 18.3 Å². The highest BCUT2D eigenvalue weighted by atomic mass is 19.4. The molecule has 2 heterocycles. The molecule has 1 aromatic heterocycles. The number of nitrogens with one attached hydrogen (secondary N) is 1. The number of anilines is 1. The predicted molar refractivity (Wildman–Crippen MR) is 55.7 cm³/mol. The van der Waals surface area contributed by atoms with E-state index in [1.54, 1.807) is 0 Å². The molecular formula is C10H11F3N4O.